The highest BCUT2D eigenvalue weighted by Crippen LogP contribution is 2.51. The van der Waals surface area contributed by atoms with Crippen molar-refractivity contribution >= 4 is 51.0 Å². The molecule has 0 aliphatic rings. The average molecular weight is 671 g/mol. The predicted molar refractivity (Wildman–Crippen MR) is 163 cm³/mol. The van der Waals surface area contributed by atoms with Gasteiger partial charge in [-0.25, -0.2) is 12.8 Å². The summed E-state index contributed by atoms with van der Waals surface area (Å²) in [5.41, 5.74) is 10.1. The SMILES string of the molecule is Cc1c(S(=O)(=O)NC(c2ccc(C#N)c(F)c2)P(=O)(O)O)sc2cc(OCCCNC(=N)N)c(OCCCNC(=N)N)cc12. The average Bonchev–Trinajstić information content (AvgIpc) is 3.26. The van der Waals surface area contributed by atoms with Crippen LogP contribution in [0.15, 0.2) is 34.5 Å². The Morgan fingerprint density at radius 1 is 1.09 bits per heavy atom. The van der Waals surface area contributed by atoms with Crippen molar-refractivity contribution < 1.29 is 36.6 Å². The molecule has 1 heterocycles. The van der Waals surface area contributed by atoms with Crippen molar-refractivity contribution in [1.82, 2.24) is 15.4 Å². The van der Waals surface area contributed by atoms with Gasteiger partial charge in [0.15, 0.2) is 23.4 Å². The number of nitriles is 1. The maximum absolute atomic E-state index is 14.3. The number of rotatable bonds is 15. The van der Waals surface area contributed by atoms with Crippen LogP contribution in [0.5, 0.6) is 11.5 Å². The van der Waals surface area contributed by atoms with E-state index >= 15 is 0 Å². The fourth-order valence-corrected chi connectivity index (χ4v) is 8.33. The number of hydrogen-bond acceptors (Lipinski definition) is 9. The number of nitrogens with one attached hydrogen (secondary N) is 5. The molecule has 0 aliphatic heterocycles. The summed E-state index contributed by atoms with van der Waals surface area (Å²) in [7, 11) is -9.78. The van der Waals surface area contributed by atoms with Crippen molar-refractivity contribution in [3.8, 4) is 17.6 Å². The molecule has 15 nitrogen and oxygen atoms in total. The Labute approximate surface area is 256 Å². The number of thiophene rings is 1. The number of halogens is 1. The first kappa shape index (κ1) is 34.5. The Morgan fingerprint density at radius 2 is 1.66 bits per heavy atom. The molecule has 0 fully saturated rings. The third-order valence-corrected chi connectivity index (χ3v) is 10.6. The lowest BCUT2D eigenvalue weighted by Crippen LogP contribution is -2.31. The van der Waals surface area contributed by atoms with Crippen molar-refractivity contribution in [1.29, 1.82) is 16.1 Å². The topological polar surface area (TPSA) is 270 Å². The van der Waals surface area contributed by atoms with Crippen LogP contribution in [0, 0.1) is 34.9 Å². The molecule has 19 heteroatoms. The summed E-state index contributed by atoms with van der Waals surface area (Å²) in [4.78, 5) is 19.9. The van der Waals surface area contributed by atoms with Crippen LogP contribution < -0.4 is 36.3 Å². The van der Waals surface area contributed by atoms with Crippen molar-refractivity contribution in [2.45, 2.75) is 29.8 Å². The van der Waals surface area contributed by atoms with Gasteiger partial charge in [0.1, 0.15) is 21.9 Å². The van der Waals surface area contributed by atoms with Crippen LogP contribution in [0.25, 0.3) is 10.1 Å². The van der Waals surface area contributed by atoms with Crippen LogP contribution in [-0.4, -0.2) is 56.4 Å². The summed E-state index contributed by atoms with van der Waals surface area (Å²) in [5, 5.41) is 29.2. The molecular formula is C25H32FN8O7PS2. The number of guanidine groups is 2. The third kappa shape index (κ3) is 9.02. The van der Waals surface area contributed by atoms with E-state index in [0.29, 0.717) is 53.6 Å². The van der Waals surface area contributed by atoms with Crippen LogP contribution in [0.3, 0.4) is 0 Å². The van der Waals surface area contributed by atoms with E-state index in [4.69, 9.17) is 37.0 Å². The molecule has 0 bridgehead atoms. The highest BCUT2D eigenvalue weighted by molar-refractivity contribution is 7.92. The zero-order valence-corrected chi connectivity index (χ0v) is 25.9. The number of hydrogen-bond donors (Lipinski definition) is 9. The Balaban J connectivity index is 1.95. The summed E-state index contributed by atoms with van der Waals surface area (Å²) >= 11 is 0.833. The molecule has 3 rings (SSSR count). The smallest absolute Gasteiger partial charge is 0.347 e. The fraction of sp³-hybridized carbons (Fsp3) is 0.320. The number of fused-ring (bicyclic) bond motifs is 1. The highest BCUT2D eigenvalue weighted by atomic mass is 32.2. The summed E-state index contributed by atoms with van der Waals surface area (Å²) < 4.78 is 67.6. The minimum Gasteiger partial charge on any atom is -0.490 e. The first-order valence-electron chi connectivity index (χ1n) is 12.9. The number of benzene rings is 2. The quantitative estimate of drug-likeness (QED) is 0.0485. The molecule has 0 spiro atoms. The van der Waals surface area contributed by atoms with Crippen molar-refractivity contribution in [3.63, 3.8) is 0 Å². The molecule has 1 atom stereocenters. The molecule has 0 radical (unpaired) electrons. The number of aryl methyl sites for hydroxylation is 1. The second kappa shape index (κ2) is 14.7. The van der Waals surface area contributed by atoms with Gasteiger partial charge in [0.05, 0.1) is 18.8 Å². The minimum absolute atomic E-state index is 0.184. The van der Waals surface area contributed by atoms with Gasteiger partial charge in [-0.2, -0.15) is 9.98 Å². The van der Waals surface area contributed by atoms with Gasteiger partial charge >= 0.3 is 7.60 Å². The largest absolute Gasteiger partial charge is 0.490 e. The minimum atomic E-state index is -5.20. The summed E-state index contributed by atoms with van der Waals surface area (Å²) in [5.74, 6) is -2.94. The summed E-state index contributed by atoms with van der Waals surface area (Å²) in [6.45, 7) is 2.68. The second-order valence-electron chi connectivity index (χ2n) is 9.36. The van der Waals surface area contributed by atoms with Gasteiger partial charge in [-0.3, -0.25) is 15.4 Å². The van der Waals surface area contributed by atoms with E-state index in [0.717, 1.165) is 23.5 Å². The maximum Gasteiger partial charge on any atom is 0.347 e. The molecule has 1 aromatic heterocycles. The standard InChI is InChI=1S/C25H32FN8O7PS2/c1-14-17-11-19(40-8-2-6-32-24(28)29)20(41-9-3-7-33-25(30)31)12-21(17)43-23(14)44(38,39)34-22(42(35,36)37)15-4-5-16(13-27)18(26)10-15/h4-5,10-12,22,34H,2-3,6-9H2,1H3,(H4,28,29,32)(H4,30,31,33)(H2,35,36,37). The van der Waals surface area contributed by atoms with E-state index in [1.165, 1.54) is 6.92 Å². The summed E-state index contributed by atoms with van der Waals surface area (Å²) in [6.07, 6.45) is 0.956. The molecule has 44 heavy (non-hydrogen) atoms. The van der Waals surface area contributed by atoms with Gasteiger partial charge in [-0.1, -0.05) is 6.07 Å². The lowest BCUT2D eigenvalue weighted by Gasteiger charge is -2.20. The van der Waals surface area contributed by atoms with E-state index in [1.54, 1.807) is 18.2 Å². The van der Waals surface area contributed by atoms with Gasteiger partial charge in [-0.05, 0) is 49.1 Å². The van der Waals surface area contributed by atoms with Crippen molar-refractivity contribution in [2.75, 3.05) is 26.3 Å². The lowest BCUT2D eigenvalue weighted by molar-refractivity contribution is 0.264. The molecule has 11 N–H and O–H groups in total. The molecule has 2 aromatic carbocycles. The Kier molecular flexibility index (Phi) is 11.5. The third-order valence-electron chi connectivity index (χ3n) is 6.02. The van der Waals surface area contributed by atoms with Gasteiger partial charge < -0.3 is 41.4 Å². The van der Waals surface area contributed by atoms with Crippen LogP contribution in [-0.2, 0) is 14.6 Å². The number of nitrogens with two attached hydrogens (primary N) is 2. The normalized spacial score (nSPS) is 12.3. The second-order valence-corrected chi connectivity index (χ2v) is 14.0. The zero-order chi connectivity index (χ0) is 32.7. The molecule has 0 saturated heterocycles. The van der Waals surface area contributed by atoms with Crippen molar-refractivity contribution in [3.05, 3.63) is 52.8 Å². The first-order chi connectivity index (χ1) is 20.6. The van der Waals surface area contributed by atoms with Gasteiger partial charge in [-0.15, -0.1) is 11.3 Å². The highest BCUT2D eigenvalue weighted by Gasteiger charge is 2.37. The number of sulfonamides is 1. The van der Waals surface area contributed by atoms with Crippen molar-refractivity contribution in [2.24, 2.45) is 11.5 Å². The molecule has 238 valence electrons. The van der Waals surface area contributed by atoms with E-state index in [-0.39, 0.29) is 46.0 Å². The maximum atomic E-state index is 14.3. The monoisotopic (exact) mass is 670 g/mol. The Bertz CT molecular complexity index is 1740. The molecule has 0 saturated carbocycles. The van der Waals surface area contributed by atoms with E-state index in [1.807, 2.05) is 4.72 Å². The van der Waals surface area contributed by atoms with E-state index in [2.05, 4.69) is 10.6 Å². The van der Waals surface area contributed by atoms with Crippen LogP contribution in [0.1, 0.15) is 35.3 Å². The molecule has 1 unspecified atom stereocenters. The van der Waals surface area contributed by atoms with Crippen LogP contribution >= 0.6 is 18.9 Å². The lowest BCUT2D eigenvalue weighted by atomic mass is 10.1. The van der Waals surface area contributed by atoms with Crippen LogP contribution in [0.2, 0.25) is 0 Å². The molecule has 0 aliphatic carbocycles. The zero-order valence-electron chi connectivity index (χ0n) is 23.4. The Morgan fingerprint density at radius 3 is 2.16 bits per heavy atom. The molecule has 0 amide bonds. The molecular weight excluding hydrogens is 638 g/mol. The molecule has 3 aromatic rings. The number of nitrogens with zero attached hydrogens (tertiary/aromatic N) is 1. The predicted octanol–water partition coefficient (Wildman–Crippen LogP) is 1.88. The van der Waals surface area contributed by atoms with Gasteiger partial charge in [0.2, 0.25) is 0 Å². The van der Waals surface area contributed by atoms with Gasteiger partial charge in [0.25, 0.3) is 10.0 Å². The first-order valence-corrected chi connectivity index (χ1v) is 16.9. The van der Waals surface area contributed by atoms with E-state index in [9.17, 15) is 27.2 Å². The Hall–Kier alpha value is -3.98. The number of ether oxygens (including phenoxy) is 2. The van der Waals surface area contributed by atoms with Gasteiger partial charge in [0, 0.05) is 29.2 Å². The van der Waals surface area contributed by atoms with Crippen LogP contribution in [0.4, 0.5) is 4.39 Å². The summed E-state index contributed by atoms with van der Waals surface area (Å²) in [6, 6.07) is 7.55. The van der Waals surface area contributed by atoms with E-state index < -0.39 is 29.2 Å². The fourth-order valence-electron chi connectivity index (χ4n) is 3.97.